The zero-order valence-electron chi connectivity index (χ0n) is 11.3. The Morgan fingerprint density at radius 1 is 1.27 bits per heavy atom. The molecule has 0 aromatic heterocycles. The Labute approximate surface area is 137 Å². The summed E-state index contributed by atoms with van der Waals surface area (Å²) >= 11 is 11.7. The van der Waals surface area contributed by atoms with Gasteiger partial charge in [0.15, 0.2) is 6.61 Å². The highest BCUT2D eigenvalue weighted by molar-refractivity contribution is 6.35. The predicted molar refractivity (Wildman–Crippen MR) is 85.8 cm³/mol. The quantitative estimate of drug-likeness (QED) is 0.649. The first-order valence-corrected chi connectivity index (χ1v) is 6.99. The van der Waals surface area contributed by atoms with E-state index in [1.54, 1.807) is 30.3 Å². The lowest BCUT2D eigenvalue weighted by Gasteiger charge is -2.06. The summed E-state index contributed by atoms with van der Waals surface area (Å²) in [5, 5.41) is 13.9. The molecule has 0 aliphatic heterocycles. The second kappa shape index (κ2) is 7.68. The second-order valence-corrected chi connectivity index (χ2v) is 5.10. The number of nitrogens with zero attached hydrogens (tertiary/aromatic N) is 1. The molecule has 1 amide bonds. The van der Waals surface area contributed by atoms with Gasteiger partial charge in [0.1, 0.15) is 11.5 Å². The molecule has 0 radical (unpaired) electrons. The molecule has 0 aliphatic rings. The summed E-state index contributed by atoms with van der Waals surface area (Å²) in [4.78, 5) is 11.6. The highest BCUT2D eigenvalue weighted by Gasteiger charge is 2.05. The Hall–Kier alpha value is -2.24. The molecule has 7 heteroatoms. The molecular weight excluding hydrogens is 327 g/mol. The standard InChI is InChI=1S/C15H12Cl2N2O3/c16-11-4-5-14(13(17)7-11)22-9-15(21)19-18-8-10-2-1-3-12(20)6-10/h1-8,20H,9H2,(H,19,21)/b18-8-. The number of ether oxygens (including phenoxy) is 1. The number of hydrogen-bond donors (Lipinski definition) is 2. The van der Waals surface area contributed by atoms with Crippen molar-refractivity contribution in [2.75, 3.05) is 6.61 Å². The molecule has 0 fully saturated rings. The van der Waals surface area contributed by atoms with Crippen LogP contribution in [0.4, 0.5) is 0 Å². The number of benzene rings is 2. The minimum Gasteiger partial charge on any atom is -0.508 e. The Balaban J connectivity index is 1.83. The van der Waals surface area contributed by atoms with Crippen LogP contribution >= 0.6 is 23.2 Å². The zero-order valence-corrected chi connectivity index (χ0v) is 12.8. The van der Waals surface area contributed by atoms with Gasteiger partial charge in [0.05, 0.1) is 11.2 Å². The van der Waals surface area contributed by atoms with Gasteiger partial charge in [-0.05, 0) is 35.9 Å². The molecule has 0 atom stereocenters. The summed E-state index contributed by atoms with van der Waals surface area (Å²) in [6.07, 6.45) is 1.41. The smallest absolute Gasteiger partial charge is 0.277 e. The topological polar surface area (TPSA) is 70.9 Å². The molecule has 5 nitrogen and oxygen atoms in total. The number of hydrazone groups is 1. The third-order valence-electron chi connectivity index (χ3n) is 2.53. The fourth-order valence-electron chi connectivity index (χ4n) is 1.55. The van der Waals surface area contributed by atoms with Crippen LogP contribution in [0.1, 0.15) is 5.56 Å². The first-order valence-electron chi connectivity index (χ1n) is 6.23. The van der Waals surface area contributed by atoms with Crippen LogP contribution in [0, 0.1) is 0 Å². The molecule has 2 aromatic rings. The fraction of sp³-hybridized carbons (Fsp3) is 0.0667. The van der Waals surface area contributed by atoms with E-state index in [9.17, 15) is 9.90 Å². The van der Waals surface area contributed by atoms with Gasteiger partial charge >= 0.3 is 0 Å². The van der Waals surface area contributed by atoms with Gasteiger partial charge in [0.2, 0.25) is 0 Å². The zero-order chi connectivity index (χ0) is 15.9. The minimum atomic E-state index is -0.442. The Bertz CT molecular complexity index is 705. The number of aromatic hydroxyl groups is 1. The van der Waals surface area contributed by atoms with E-state index >= 15 is 0 Å². The number of nitrogens with one attached hydrogen (secondary N) is 1. The second-order valence-electron chi connectivity index (χ2n) is 4.25. The third-order valence-corrected chi connectivity index (χ3v) is 3.06. The molecular formula is C15H12Cl2N2O3. The van der Waals surface area contributed by atoms with Gasteiger partial charge < -0.3 is 9.84 Å². The van der Waals surface area contributed by atoms with E-state index in [2.05, 4.69) is 10.5 Å². The van der Waals surface area contributed by atoms with Gasteiger partial charge in [-0.2, -0.15) is 5.10 Å². The normalized spacial score (nSPS) is 10.6. The summed E-state index contributed by atoms with van der Waals surface area (Å²) in [6, 6.07) is 11.2. The van der Waals surface area contributed by atoms with E-state index in [4.69, 9.17) is 27.9 Å². The largest absolute Gasteiger partial charge is 0.508 e. The molecule has 2 N–H and O–H groups in total. The van der Waals surface area contributed by atoms with Crippen molar-refractivity contribution in [3.05, 3.63) is 58.1 Å². The van der Waals surface area contributed by atoms with Crippen LogP contribution in [0.25, 0.3) is 0 Å². The number of hydrogen-bond acceptors (Lipinski definition) is 4. The molecule has 0 saturated heterocycles. The van der Waals surface area contributed by atoms with E-state index in [1.165, 1.54) is 18.3 Å². The summed E-state index contributed by atoms with van der Waals surface area (Å²) < 4.78 is 5.26. The average Bonchev–Trinajstić information content (AvgIpc) is 2.46. The lowest BCUT2D eigenvalue weighted by atomic mass is 10.2. The van der Waals surface area contributed by atoms with E-state index in [0.717, 1.165) is 0 Å². The van der Waals surface area contributed by atoms with Gasteiger partial charge in [-0.15, -0.1) is 0 Å². The van der Waals surface area contributed by atoms with Crippen LogP contribution in [0.2, 0.25) is 10.0 Å². The van der Waals surface area contributed by atoms with Crippen molar-refractivity contribution in [2.45, 2.75) is 0 Å². The summed E-state index contributed by atoms with van der Waals surface area (Å²) in [5.41, 5.74) is 2.96. The maximum absolute atomic E-state index is 11.6. The number of rotatable bonds is 5. The number of carbonyl (C=O) groups excluding carboxylic acids is 1. The molecule has 0 heterocycles. The maximum Gasteiger partial charge on any atom is 0.277 e. The van der Waals surface area contributed by atoms with Gasteiger partial charge in [0.25, 0.3) is 5.91 Å². The van der Waals surface area contributed by atoms with E-state index in [-0.39, 0.29) is 12.4 Å². The van der Waals surface area contributed by atoms with Crippen LogP contribution < -0.4 is 10.2 Å². The average molecular weight is 339 g/mol. The molecule has 0 aliphatic carbocycles. The Kier molecular flexibility index (Phi) is 5.63. The molecule has 2 rings (SSSR count). The summed E-state index contributed by atoms with van der Waals surface area (Å²) in [5.74, 6) is 0.0385. The van der Waals surface area contributed by atoms with Crippen LogP contribution in [0.5, 0.6) is 11.5 Å². The van der Waals surface area contributed by atoms with E-state index < -0.39 is 5.91 Å². The van der Waals surface area contributed by atoms with Gasteiger partial charge in [-0.25, -0.2) is 5.43 Å². The number of phenols is 1. The molecule has 2 aromatic carbocycles. The number of amides is 1. The van der Waals surface area contributed by atoms with Crippen molar-refractivity contribution < 1.29 is 14.6 Å². The first kappa shape index (κ1) is 16.1. The molecule has 0 saturated carbocycles. The van der Waals surface area contributed by atoms with E-state index in [1.807, 2.05) is 0 Å². The van der Waals surface area contributed by atoms with E-state index in [0.29, 0.717) is 21.4 Å². The van der Waals surface area contributed by atoms with Crippen LogP contribution in [-0.4, -0.2) is 23.8 Å². The highest BCUT2D eigenvalue weighted by Crippen LogP contribution is 2.27. The molecule has 0 spiro atoms. The number of halogens is 2. The van der Waals surface area contributed by atoms with Crippen molar-refractivity contribution in [2.24, 2.45) is 5.10 Å². The lowest BCUT2D eigenvalue weighted by Crippen LogP contribution is -2.24. The van der Waals surface area contributed by atoms with Crippen molar-refractivity contribution >= 4 is 35.3 Å². The van der Waals surface area contributed by atoms with Crippen molar-refractivity contribution in [3.63, 3.8) is 0 Å². The highest BCUT2D eigenvalue weighted by atomic mass is 35.5. The van der Waals surface area contributed by atoms with Gasteiger partial charge in [-0.3, -0.25) is 4.79 Å². The van der Waals surface area contributed by atoms with Crippen LogP contribution in [0.15, 0.2) is 47.6 Å². The summed E-state index contributed by atoms with van der Waals surface area (Å²) in [7, 11) is 0. The molecule has 22 heavy (non-hydrogen) atoms. The summed E-state index contributed by atoms with van der Waals surface area (Å²) in [6.45, 7) is -0.237. The number of phenolic OH excluding ortho intramolecular Hbond substituents is 1. The monoisotopic (exact) mass is 338 g/mol. The molecule has 0 bridgehead atoms. The molecule has 114 valence electrons. The number of carbonyl (C=O) groups is 1. The predicted octanol–water partition coefficient (Wildman–Crippen LogP) is 3.23. The van der Waals surface area contributed by atoms with Crippen molar-refractivity contribution in [1.82, 2.24) is 5.43 Å². The minimum absolute atomic E-state index is 0.121. The SMILES string of the molecule is O=C(COc1ccc(Cl)cc1Cl)N/N=C\c1cccc(O)c1. The van der Waals surface area contributed by atoms with Gasteiger partial charge in [-0.1, -0.05) is 35.3 Å². The van der Waals surface area contributed by atoms with Gasteiger partial charge in [0, 0.05) is 5.02 Å². The Morgan fingerprint density at radius 3 is 2.82 bits per heavy atom. The third kappa shape index (κ3) is 4.95. The maximum atomic E-state index is 11.6. The fourth-order valence-corrected chi connectivity index (χ4v) is 2.01. The Morgan fingerprint density at radius 2 is 2.09 bits per heavy atom. The first-order chi connectivity index (χ1) is 10.5. The van der Waals surface area contributed by atoms with Crippen LogP contribution in [-0.2, 0) is 4.79 Å². The van der Waals surface area contributed by atoms with Crippen molar-refractivity contribution in [3.8, 4) is 11.5 Å². The van der Waals surface area contributed by atoms with Crippen molar-refractivity contribution in [1.29, 1.82) is 0 Å². The molecule has 0 unspecified atom stereocenters. The van der Waals surface area contributed by atoms with Crippen LogP contribution in [0.3, 0.4) is 0 Å². The lowest BCUT2D eigenvalue weighted by molar-refractivity contribution is -0.123.